The Bertz CT molecular complexity index is 1070. The van der Waals surface area contributed by atoms with Gasteiger partial charge in [-0.15, -0.1) is 10.2 Å². The molecule has 1 atom stereocenters. The molecule has 8 nitrogen and oxygen atoms in total. The number of rotatable bonds is 10. The maximum absolute atomic E-state index is 12.6. The molecule has 3 aromatic rings. The Hall–Kier alpha value is -3.20. The van der Waals surface area contributed by atoms with Crippen LogP contribution in [0.25, 0.3) is 0 Å². The van der Waals surface area contributed by atoms with Crippen molar-refractivity contribution in [2.45, 2.75) is 38.6 Å². The van der Waals surface area contributed by atoms with Crippen molar-refractivity contribution in [2.24, 2.45) is 0 Å². The van der Waals surface area contributed by atoms with Crippen LogP contribution >= 0.6 is 11.8 Å². The Balaban J connectivity index is 1.66. The first-order valence-corrected chi connectivity index (χ1v) is 11.2. The number of nitrogens with zero attached hydrogens (tertiary/aromatic N) is 3. The molecule has 1 unspecified atom stereocenters. The molecule has 0 aliphatic carbocycles. The molecule has 0 spiro atoms. The van der Waals surface area contributed by atoms with Gasteiger partial charge < -0.3 is 24.1 Å². The molecule has 1 N–H and O–H groups in total. The number of benzene rings is 2. The number of aromatic nitrogens is 3. The number of nitrogens with one attached hydrogen (secondary N) is 1. The van der Waals surface area contributed by atoms with Gasteiger partial charge >= 0.3 is 0 Å². The van der Waals surface area contributed by atoms with Gasteiger partial charge in [0, 0.05) is 12.6 Å². The highest BCUT2D eigenvalue weighted by Crippen LogP contribution is 2.30. The van der Waals surface area contributed by atoms with E-state index in [2.05, 4.69) is 15.5 Å². The second-order valence-electron chi connectivity index (χ2n) is 7.06. The number of aryl methyl sites for hydroxylation is 1. The lowest BCUT2D eigenvalue weighted by atomic mass is 10.2. The van der Waals surface area contributed by atoms with Crippen LogP contribution in [-0.2, 0) is 11.3 Å². The second-order valence-corrected chi connectivity index (χ2v) is 8.01. The van der Waals surface area contributed by atoms with E-state index in [0.717, 1.165) is 11.3 Å². The molecule has 0 aliphatic rings. The number of methoxy groups -OCH3 is 2. The van der Waals surface area contributed by atoms with E-state index in [0.29, 0.717) is 34.7 Å². The molecule has 32 heavy (non-hydrogen) atoms. The molecule has 0 saturated heterocycles. The van der Waals surface area contributed by atoms with E-state index in [1.54, 1.807) is 32.4 Å². The minimum atomic E-state index is -0.284. The van der Waals surface area contributed by atoms with Crippen LogP contribution in [0, 0.1) is 6.92 Å². The lowest BCUT2D eigenvalue weighted by molar-refractivity contribution is -0.113. The van der Waals surface area contributed by atoms with Crippen molar-refractivity contribution in [1.29, 1.82) is 0 Å². The van der Waals surface area contributed by atoms with Gasteiger partial charge in [-0.1, -0.05) is 23.9 Å². The smallest absolute Gasteiger partial charge is 0.234 e. The summed E-state index contributed by atoms with van der Waals surface area (Å²) in [5.41, 5.74) is 1.68. The number of carbonyl (C=O) groups is 1. The molecular weight excluding hydrogens is 428 g/mol. The number of anilines is 1. The van der Waals surface area contributed by atoms with Gasteiger partial charge in [0.2, 0.25) is 5.91 Å². The minimum Gasteiger partial charge on any atom is -0.497 e. The third kappa shape index (κ3) is 5.73. The van der Waals surface area contributed by atoms with E-state index < -0.39 is 0 Å². The van der Waals surface area contributed by atoms with Crippen molar-refractivity contribution in [2.75, 3.05) is 25.3 Å². The summed E-state index contributed by atoms with van der Waals surface area (Å²) in [5.74, 6) is 2.68. The Morgan fingerprint density at radius 1 is 1.12 bits per heavy atom. The number of thioether (sulfide) groups is 1. The van der Waals surface area contributed by atoms with Gasteiger partial charge in [-0.05, 0) is 50.6 Å². The van der Waals surface area contributed by atoms with Gasteiger partial charge in [0.05, 0.1) is 25.7 Å². The summed E-state index contributed by atoms with van der Waals surface area (Å²) < 4.78 is 18.6. The van der Waals surface area contributed by atoms with Crippen molar-refractivity contribution >= 4 is 23.4 Å². The topological polar surface area (TPSA) is 87.5 Å². The maximum atomic E-state index is 12.6. The molecule has 1 heterocycles. The minimum absolute atomic E-state index is 0.172. The molecule has 1 amide bonds. The Morgan fingerprint density at radius 3 is 2.62 bits per heavy atom. The molecule has 0 fully saturated rings. The van der Waals surface area contributed by atoms with E-state index in [9.17, 15) is 4.79 Å². The molecule has 3 rings (SSSR count). The molecule has 0 bridgehead atoms. The summed E-state index contributed by atoms with van der Waals surface area (Å²) in [6.45, 7) is 6.64. The Kier molecular flexibility index (Phi) is 7.99. The fourth-order valence-electron chi connectivity index (χ4n) is 3.18. The van der Waals surface area contributed by atoms with Crippen LogP contribution in [0.5, 0.6) is 17.2 Å². The van der Waals surface area contributed by atoms with E-state index in [1.807, 2.05) is 49.6 Å². The van der Waals surface area contributed by atoms with Crippen molar-refractivity contribution < 1.29 is 19.0 Å². The molecule has 0 saturated carbocycles. The van der Waals surface area contributed by atoms with Crippen LogP contribution < -0.4 is 19.5 Å². The summed E-state index contributed by atoms with van der Waals surface area (Å²) in [6, 6.07) is 13.1. The molecule has 0 radical (unpaired) electrons. The fourth-order valence-corrected chi connectivity index (χ4v) is 3.99. The average Bonchev–Trinajstić information content (AvgIpc) is 3.20. The first kappa shape index (κ1) is 23.5. The summed E-state index contributed by atoms with van der Waals surface area (Å²) in [4.78, 5) is 12.6. The van der Waals surface area contributed by atoms with Crippen molar-refractivity contribution in [3.8, 4) is 17.2 Å². The first-order valence-electron chi connectivity index (χ1n) is 10.3. The van der Waals surface area contributed by atoms with Crippen LogP contribution in [0.2, 0.25) is 0 Å². The zero-order chi connectivity index (χ0) is 23.1. The number of hydrogen-bond acceptors (Lipinski definition) is 7. The zero-order valence-electron chi connectivity index (χ0n) is 18.9. The monoisotopic (exact) mass is 456 g/mol. The highest BCUT2D eigenvalue weighted by atomic mass is 32.2. The molecule has 1 aromatic heterocycles. The molecular formula is C23H28N4O4S. The summed E-state index contributed by atoms with van der Waals surface area (Å²) >= 11 is 1.32. The van der Waals surface area contributed by atoms with Crippen molar-refractivity contribution in [3.63, 3.8) is 0 Å². The zero-order valence-corrected chi connectivity index (χ0v) is 19.7. The quantitative estimate of drug-likeness (QED) is 0.450. The van der Waals surface area contributed by atoms with Gasteiger partial charge in [-0.25, -0.2) is 0 Å². The highest BCUT2D eigenvalue weighted by molar-refractivity contribution is 7.99. The largest absolute Gasteiger partial charge is 0.497 e. The normalized spacial score (nSPS) is 11.7. The lowest BCUT2D eigenvalue weighted by Gasteiger charge is -2.16. The standard InChI is InChI=1S/C23H28N4O4S/c1-6-27-22(16(3)31-18-9-7-8-15(2)12-18)25-26-23(27)32-14-21(28)24-19-13-17(29-4)10-11-20(19)30-5/h7-13,16H,6,14H2,1-5H3,(H,24,28). The van der Waals surface area contributed by atoms with Gasteiger partial charge in [0.15, 0.2) is 17.1 Å². The van der Waals surface area contributed by atoms with Crippen LogP contribution in [0.1, 0.15) is 31.3 Å². The summed E-state index contributed by atoms with van der Waals surface area (Å²) in [5, 5.41) is 12.1. The van der Waals surface area contributed by atoms with Crippen LogP contribution in [0.15, 0.2) is 47.6 Å². The van der Waals surface area contributed by atoms with Crippen molar-refractivity contribution in [3.05, 3.63) is 53.9 Å². The Labute approximate surface area is 192 Å². The summed E-state index contributed by atoms with van der Waals surface area (Å²) in [6.07, 6.45) is -0.284. The third-order valence-corrected chi connectivity index (χ3v) is 5.71. The maximum Gasteiger partial charge on any atom is 0.234 e. The molecule has 0 aliphatic heterocycles. The summed E-state index contributed by atoms with van der Waals surface area (Å²) in [7, 11) is 3.12. The predicted molar refractivity (Wildman–Crippen MR) is 125 cm³/mol. The number of carbonyl (C=O) groups excluding carboxylic acids is 1. The van der Waals surface area contributed by atoms with E-state index in [-0.39, 0.29) is 17.8 Å². The highest BCUT2D eigenvalue weighted by Gasteiger charge is 2.20. The van der Waals surface area contributed by atoms with Gasteiger partial charge in [0.1, 0.15) is 17.2 Å². The predicted octanol–water partition coefficient (Wildman–Crippen LogP) is 4.49. The van der Waals surface area contributed by atoms with Gasteiger partial charge in [0.25, 0.3) is 0 Å². The number of hydrogen-bond donors (Lipinski definition) is 1. The van der Waals surface area contributed by atoms with Gasteiger partial charge in [-0.2, -0.15) is 0 Å². The number of amides is 1. The lowest BCUT2D eigenvalue weighted by Crippen LogP contribution is -2.16. The first-order chi connectivity index (χ1) is 15.4. The van der Waals surface area contributed by atoms with Gasteiger partial charge in [-0.3, -0.25) is 4.79 Å². The molecule has 2 aromatic carbocycles. The Morgan fingerprint density at radius 2 is 1.94 bits per heavy atom. The van der Waals surface area contributed by atoms with Crippen LogP contribution in [-0.4, -0.2) is 40.6 Å². The van der Waals surface area contributed by atoms with E-state index in [4.69, 9.17) is 14.2 Å². The third-order valence-electron chi connectivity index (χ3n) is 4.74. The average molecular weight is 457 g/mol. The molecule has 9 heteroatoms. The number of ether oxygens (including phenoxy) is 3. The van der Waals surface area contributed by atoms with Crippen molar-refractivity contribution in [1.82, 2.24) is 14.8 Å². The SMILES string of the molecule is CCn1c(SCC(=O)Nc2cc(OC)ccc2OC)nnc1C(C)Oc1cccc(C)c1. The van der Waals surface area contributed by atoms with Crippen LogP contribution in [0.4, 0.5) is 5.69 Å². The molecule has 170 valence electrons. The van der Waals surface area contributed by atoms with Crippen LogP contribution in [0.3, 0.4) is 0 Å². The van der Waals surface area contributed by atoms with E-state index in [1.165, 1.54) is 11.8 Å². The van der Waals surface area contributed by atoms with E-state index >= 15 is 0 Å². The fraction of sp³-hybridized carbons (Fsp3) is 0.348. The second kappa shape index (κ2) is 10.9.